The zero-order valence-electron chi connectivity index (χ0n) is 16.8. The molecule has 29 heavy (non-hydrogen) atoms. The lowest BCUT2D eigenvalue weighted by Gasteiger charge is -2.27. The molecule has 2 aromatic carbocycles. The maximum Gasteiger partial charge on any atom is 0.238 e. The van der Waals surface area contributed by atoms with Crippen LogP contribution in [0.3, 0.4) is 0 Å². The minimum absolute atomic E-state index is 0.0981. The van der Waals surface area contributed by atoms with Crippen LogP contribution in [-0.4, -0.2) is 43.7 Å². The number of ether oxygens (including phenoxy) is 1. The number of anilines is 1. The van der Waals surface area contributed by atoms with Gasteiger partial charge in [0.05, 0.1) is 29.8 Å². The van der Waals surface area contributed by atoms with Gasteiger partial charge in [0, 0.05) is 30.9 Å². The predicted molar refractivity (Wildman–Crippen MR) is 119 cm³/mol. The molecule has 0 aromatic heterocycles. The maximum atomic E-state index is 12.4. The van der Waals surface area contributed by atoms with Crippen LogP contribution in [0.5, 0.6) is 0 Å². The van der Waals surface area contributed by atoms with Crippen LogP contribution in [-0.2, 0) is 21.6 Å². The van der Waals surface area contributed by atoms with E-state index in [0.717, 1.165) is 44.1 Å². The Morgan fingerprint density at radius 1 is 1.07 bits per heavy atom. The van der Waals surface area contributed by atoms with Crippen molar-refractivity contribution in [1.29, 1.82) is 0 Å². The summed E-state index contributed by atoms with van der Waals surface area (Å²) < 4.78 is 5.38. The van der Waals surface area contributed by atoms with E-state index in [2.05, 4.69) is 27.7 Å². The van der Waals surface area contributed by atoms with E-state index in [1.54, 1.807) is 6.07 Å². The van der Waals surface area contributed by atoms with E-state index in [-0.39, 0.29) is 12.5 Å². The van der Waals surface area contributed by atoms with Crippen LogP contribution in [0.2, 0.25) is 10.0 Å². The van der Waals surface area contributed by atoms with Gasteiger partial charge in [-0.15, -0.1) is 0 Å². The summed E-state index contributed by atoms with van der Waals surface area (Å²) >= 11 is 12.1. The standard InChI is InChI=1S/C22H27Cl2N3O2/c1-22(2,17-5-8-19(23)20(24)13-17)25-14-21(28)26-18-6-3-16(4-7-18)15-27-9-11-29-12-10-27/h3-8,13,25H,9-12,14-15H2,1-2H3,(H,26,28). The molecular weight excluding hydrogens is 409 g/mol. The van der Waals surface area contributed by atoms with Crippen LogP contribution in [0.1, 0.15) is 25.0 Å². The molecule has 2 aromatic rings. The van der Waals surface area contributed by atoms with E-state index in [1.165, 1.54) is 5.56 Å². The zero-order valence-corrected chi connectivity index (χ0v) is 18.3. The molecule has 1 amide bonds. The topological polar surface area (TPSA) is 53.6 Å². The number of benzene rings is 2. The molecule has 2 N–H and O–H groups in total. The van der Waals surface area contributed by atoms with Crippen LogP contribution >= 0.6 is 23.2 Å². The van der Waals surface area contributed by atoms with Crippen molar-refractivity contribution >= 4 is 34.8 Å². The van der Waals surface area contributed by atoms with Crippen molar-refractivity contribution in [3.8, 4) is 0 Å². The van der Waals surface area contributed by atoms with Crippen molar-refractivity contribution in [3.63, 3.8) is 0 Å². The highest BCUT2D eigenvalue weighted by Gasteiger charge is 2.21. The molecule has 0 aliphatic carbocycles. The van der Waals surface area contributed by atoms with Crippen molar-refractivity contribution < 1.29 is 9.53 Å². The Morgan fingerprint density at radius 3 is 2.41 bits per heavy atom. The molecule has 1 fully saturated rings. The number of nitrogens with one attached hydrogen (secondary N) is 2. The summed E-state index contributed by atoms with van der Waals surface area (Å²) in [6.07, 6.45) is 0. The number of halogens is 2. The Kier molecular flexibility index (Phi) is 7.55. The first-order chi connectivity index (χ1) is 13.8. The fourth-order valence-corrected chi connectivity index (χ4v) is 3.50. The number of amides is 1. The maximum absolute atomic E-state index is 12.4. The van der Waals surface area contributed by atoms with Crippen LogP contribution in [0.25, 0.3) is 0 Å². The lowest BCUT2D eigenvalue weighted by molar-refractivity contribution is -0.115. The summed E-state index contributed by atoms with van der Waals surface area (Å²) in [4.78, 5) is 14.7. The van der Waals surface area contributed by atoms with Gasteiger partial charge in [-0.3, -0.25) is 15.0 Å². The molecule has 156 valence electrons. The van der Waals surface area contributed by atoms with Gasteiger partial charge >= 0.3 is 0 Å². The molecule has 0 bridgehead atoms. The van der Waals surface area contributed by atoms with Gasteiger partial charge in [0.1, 0.15) is 0 Å². The van der Waals surface area contributed by atoms with E-state index in [4.69, 9.17) is 27.9 Å². The summed E-state index contributed by atoms with van der Waals surface area (Å²) in [7, 11) is 0. The smallest absolute Gasteiger partial charge is 0.238 e. The van der Waals surface area contributed by atoms with Gasteiger partial charge in [-0.1, -0.05) is 41.4 Å². The minimum atomic E-state index is -0.423. The van der Waals surface area contributed by atoms with E-state index in [0.29, 0.717) is 10.0 Å². The number of hydrogen-bond donors (Lipinski definition) is 2. The van der Waals surface area contributed by atoms with Gasteiger partial charge in [0.15, 0.2) is 0 Å². The van der Waals surface area contributed by atoms with Gasteiger partial charge in [0.25, 0.3) is 0 Å². The van der Waals surface area contributed by atoms with Crippen molar-refractivity contribution in [2.75, 3.05) is 38.2 Å². The average Bonchev–Trinajstić information content (AvgIpc) is 2.71. The molecule has 7 heteroatoms. The Hall–Kier alpha value is -1.63. The monoisotopic (exact) mass is 435 g/mol. The molecule has 3 rings (SSSR count). The highest BCUT2D eigenvalue weighted by molar-refractivity contribution is 6.42. The highest BCUT2D eigenvalue weighted by Crippen LogP contribution is 2.28. The van der Waals surface area contributed by atoms with E-state index in [1.807, 2.05) is 38.1 Å². The Labute approximate surface area is 182 Å². The third-order valence-electron chi connectivity index (χ3n) is 5.08. The first kappa shape index (κ1) is 22.1. The second-order valence-corrected chi connectivity index (χ2v) is 8.56. The number of morpholine rings is 1. The van der Waals surface area contributed by atoms with Crippen molar-refractivity contribution in [1.82, 2.24) is 10.2 Å². The van der Waals surface area contributed by atoms with Crippen LogP contribution in [0.15, 0.2) is 42.5 Å². The third kappa shape index (κ3) is 6.43. The molecule has 0 radical (unpaired) electrons. The summed E-state index contributed by atoms with van der Waals surface area (Å²) in [5.74, 6) is -0.0981. The minimum Gasteiger partial charge on any atom is -0.379 e. The number of carbonyl (C=O) groups is 1. The average molecular weight is 436 g/mol. The highest BCUT2D eigenvalue weighted by atomic mass is 35.5. The molecule has 1 aliphatic rings. The second kappa shape index (κ2) is 9.92. The molecule has 0 saturated carbocycles. The summed E-state index contributed by atoms with van der Waals surface area (Å²) in [6.45, 7) is 8.58. The Balaban J connectivity index is 1.50. The first-order valence-corrected chi connectivity index (χ1v) is 10.5. The van der Waals surface area contributed by atoms with Crippen LogP contribution in [0, 0.1) is 0 Å². The molecule has 1 aliphatic heterocycles. The molecule has 0 spiro atoms. The van der Waals surface area contributed by atoms with Crippen molar-refractivity contribution in [2.45, 2.75) is 25.9 Å². The molecular formula is C22H27Cl2N3O2. The van der Waals surface area contributed by atoms with Gasteiger partial charge in [0.2, 0.25) is 5.91 Å². The van der Waals surface area contributed by atoms with Crippen LogP contribution in [0.4, 0.5) is 5.69 Å². The van der Waals surface area contributed by atoms with E-state index < -0.39 is 5.54 Å². The van der Waals surface area contributed by atoms with Gasteiger partial charge in [-0.25, -0.2) is 0 Å². The Morgan fingerprint density at radius 2 is 1.76 bits per heavy atom. The van der Waals surface area contributed by atoms with Crippen molar-refractivity contribution in [2.24, 2.45) is 0 Å². The van der Waals surface area contributed by atoms with Gasteiger partial charge in [-0.05, 0) is 49.2 Å². The number of rotatable bonds is 7. The summed E-state index contributed by atoms with van der Waals surface area (Å²) in [5.41, 5.74) is 2.55. The van der Waals surface area contributed by atoms with E-state index >= 15 is 0 Å². The zero-order chi connectivity index (χ0) is 20.9. The summed E-state index contributed by atoms with van der Waals surface area (Å²) in [5, 5.41) is 7.23. The van der Waals surface area contributed by atoms with Crippen molar-refractivity contribution in [3.05, 3.63) is 63.6 Å². The quantitative estimate of drug-likeness (QED) is 0.680. The Bertz CT molecular complexity index is 834. The van der Waals surface area contributed by atoms with Gasteiger partial charge in [-0.2, -0.15) is 0 Å². The predicted octanol–water partition coefficient (Wildman–Crippen LogP) is 4.29. The number of nitrogens with zero attached hydrogens (tertiary/aromatic N) is 1. The second-order valence-electron chi connectivity index (χ2n) is 7.74. The molecule has 0 atom stereocenters. The SMILES string of the molecule is CC(C)(NCC(=O)Nc1ccc(CN2CCOCC2)cc1)c1ccc(Cl)c(Cl)c1. The fourth-order valence-electron chi connectivity index (χ4n) is 3.20. The van der Waals surface area contributed by atoms with E-state index in [9.17, 15) is 4.79 Å². The molecule has 5 nitrogen and oxygen atoms in total. The fraction of sp³-hybridized carbons (Fsp3) is 0.409. The molecule has 0 unspecified atom stereocenters. The van der Waals surface area contributed by atoms with Crippen LogP contribution < -0.4 is 10.6 Å². The normalized spacial score (nSPS) is 15.3. The number of hydrogen-bond acceptors (Lipinski definition) is 4. The lowest BCUT2D eigenvalue weighted by Crippen LogP contribution is -2.41. The largest absolute Gasteiger partial charge is 0.379 e. The first-order valence-electron chi connectivity index (χ1n) is 9.73. The molecule has 1 heterocycles. The number of carbonyl (C=O) groups excluding carboxylic acids is 1. The lowest BCUT2D eigenvalue weighted by atomic mass is 9.94. The van der Waals surface area contributed by atoms with Gasteiger partial charge < -0.3 is 10.1 Å². The third-order valence-corrected chi connectivity index (χ3v) is 5.82. The summed E-state index contributed by atoms with van der Waals surface area (Å²) in [6, 6.07) is 13.5. The molecule has 1 saturated heterocycles.